The van der Waals surface area contributed by atoms with E-state index in [9.17, 15) is 19.8 Å². The molecule has 60 heavy (non-hydrogen) atoms. The third kappa shape index (κ3) is 12.3. The first kappa shape index (κ1) is 43.7. The zero-order chi connectivity index (χ0) is 42.3. The van der Waals surface area contributed by atoms with Crippen molar-refractivity contribution >= 4 is 11.6 Å². The highest BCUT2D eigenvalue weighted by Gasteiger charge is 2.27. The predicted molar refractivity (Wildman–Crippen MR) is 238 cm³/mol. The molecule has 0 aliphatic heterocycles. The van der Waals surface area contributed by atoms with Gasteiger partial charge in [0.15, 0.2) is 23.1 Å². The number of unbranched alkanes of at least 4 members (excludes halogenated alkanes) is 1. The molecule has 2 atom stereocenters. The molecule has 1 heterocycles. The number of ether oxygens (including phenoxy) is 1. The van der Waals surface area contributed by atoms with Gasteiger partial charge in [0.25, 0.3) is 0 Å². The molecule has 5 aromatic rings. The van der Waals surface area contributed by atoms with Crippen LogP contribution in [0.25, 0.3) is 0 Å². The lowest BCUT2D eigenvalue weighted by molar-refractivity contribution is -0.114. The summed E-state index contributed by atoms with van der Waals surface area (Å²) < 4.78 is 6.07. The van der Waals surface area contributed by atoms with Crippen LogP contribution in [0.15, 0.2) is 109 Å². The Morgan fingerprint density at radius 1 is 0.900 bits per heavy atom. The number of Topliss-reactive ketones (excluding diaryl/α,β-unsaturated/α-hetero) is 1. The minimum atomic E-state index is -0.688. The first-order valence-corrected chi connectivity index (χ1v) is 21.2. The normalized spacial score (nSPS) is 14.3. The van der Waals surface area contributed by atoms with Gasteiger partial charge in [-0.05, 0) is 122 Å². The number of hydrogen-bond donors (Lipinski definition) is 6. The molecule has 4 aromatic carbocycles. The number of carbonyl (C=O) groups is 2. The van der Waals surface area contributed by atoms with E-state index in [4.69, 9.17) is 16.2 Å². The predicted octanol–water partition coefficient (Wildman–Crippen LogP) is 8.36. The van der Waals surface area contributed by atoms with E-state index >= 15 is 0 Å². The number of hydrogen-bond acceptors (Lipinski definition) is 8. The summed E-state index contributed by atoms with van der Waals surface area (Å²) in [6, 6.07) is 28.6. The van der Waals surface area contributed by atoms with Crippen molar-refractivity contribution in [3.05, 3.63) is 160 Å². The third-order valence-electron chi connectivity index (χ3n) is 11.4. The number of nitrogens with two attached hydrogens (primary N) is 2. The van der Waals surface area contributed by atoms with Crippen LogP contribution < -0.4 is 21.5 Å². The van der Waals surface area contributed by atoms with E-state index in [0.717, 1.165) is 66.6 Å². The Morgan fingerprint density at radius 3 is 2.50 bits per heavy atom. The topological polar surface area (TPSA) is 164 Å². The largest absolute Gasteiger partial charge is 0.508 e. The molecule has 0 unspecified atom stereocenters. The first-order chi connectivity index (χ1) is 29.2. The van der Waals surface area contributed by atoms with Crippen molar-refractivity contribution in [2.75, 3.05) is 20.2 Å². The summed E-state index contributed by atoms with van der Waals surface area (Å²) in [5.74, 6) is 7.08. The highest BCUT2D eigenvalue weighted by molar-refractivity contribution is 5.98. The zero-order valence-corrected chi connectivity index (χ0v) is 34.6. The van der Waals surface area contributed by atoms with Crippen molar-refractivity contribution in [2.24, 2.45) is 17.4 Å². The Kier molecular flexibility index (Phi) is 15.9. The van der Waals surface area contributed by atoms with Crippen LogP contribution in [0.5, 0.6) is 17.2 Å². The van der Waals surface area contributed by atoms with Gasteiger partial charge in [0.2, 0.25) is 0 Å². The Bertz CT molecular complexity index is 2300. The second kappa shape index (κ2) is 21.9. The lowest BCUT2D eigenvalue weighted by Gasteiger charge is -2.22. The number of H-pyrrole nitrogens is 1. The molecule has 9 heteroatoms. The highest BCUT2D eigenvalue weighted by Crippen LogP contribution is 2.38. The maximum Gasteiger partial charge on any atom is 0.165 e. The summed E-state index contributed by atoms with van der Waals surface area (Å²) in [5, 5.41) is 25.1. The van der Waals surface area contributed by atoms with Gasteiger partial charge in [-0.25, -0.2) is 0 Å². The number of aromatic amines is 1. The molecule has 9 nitrogen and oxygen atoms in total. The fourth-order valence-electron chi connectivity index (χ4n) is 7.95. The lowest BCUT2D eigenvalue weighted by Crippen LogP contribution is -2.20. The second-order valence-corrected chi connectivity index (χ2v) is 15.8. The van der Waals surface area contributed by atoms with Gasteiger partial charge in [-0.2, -0.15) is 0 Å². The minimum absolute atomic E-state index is 0.0200. The van der Waals surface area contributed by atoms with Gasteiger partial charge >= 0.3 is 0 Å². The van der Waals surface area contributed by atoms with Crippen molar-refractivity contribution in [2.45, 2.75) is 82.7 Å². The standard InChI is InChI=1S/C51H58N4O5/c1-54-28-25-36(16-15-35-9-4-2-5-10-35)11-6-3-7-13-41(56)21-17-37-19-24-48(58)50(32-37)60-30-27-38-18-23-47(57)45(31-38)44-34-49(59)43-26-29-55-46(43)14-8-12-39-33-40(51(52)53)20-22-42(39)44/h2,4-5,7,9-10,13,18-20,22-24,26,29,31-33,36,44,51,54-55,57-58H,3,6,11,14-17,21,25,27-28,30,34,52-53H2,1H3/b13-7+/t36-,44+/m1/s1. The zero-order valence-electron chi connectivity index (χ0n) is 34.6. The summed E-state index contributed by atoms with van der Waals surface area (Å²) in [5.41, 5.74) is 19.4. The summed E-state index contributed by atoms with van der Waals surface area (Å²) >= 11 is 0. The van der Waals surface area contributed by atoms with Crippen molar-refractivity contribution in [1.29, 1.82) is 0 Å². The van der Waals surface area contributed by atoms with Gasteiger partial charge in [-0.15, -0.1) is 0 Å². The van der Waals surface area contributed by atoms with E-state index in [1.165, 1.54) is 12.0 Å². The molecule has 0 spiro atoms. The smallest absolute Gasteiger partial charge is 0.165 e. The number of carbonyl (C=O) groups excluding carboxylic acids is 2. The second-order valence-electron chi connectivity index (χ2n) is 15.8. The SMILES string of the molecule is CNCC[C@H](CCC/C=C/C(=O)CCc1ccc(O)c(OCCc2ccc(O)c([C@H]3CC(=O)c4cc[nH]c4CC#Cc4cc(C(N)N)ccc43)c2)c1)CCc1ccccc1. The molecular formula is C51H58N4O5. The van der Waals surface area contributed by atoms with Gasteiger partial charge in [0.1, 0.15) is 5.75 Å². The number of nitrogens with one attached hydrogen (secondary N) is 2. The van der Waals surface area contributed by atoms with Gasteiger partial charge < -0.3 is 36.7 Å². The van der Waals surface area contributed by atoms with E-state index in [-0.39, 0.29) is 36.1 Å². The lowest BCUT2D eigenvalue weighted by atomic mass is 9.81. The van der Waals surface area contributed by atoms with Crippen LogP contribution in [0.1, 0.15) is 112 Å². The number of aromatic hydroxyl groups is 2. The number of allylic oxidation sites excluding steroid dienone is 2. The van der Waals surface area contributed by atoms with Gasteiger partial charge in [0, 0.05) is 53.8 Å². The van der Waals surface area contributed by atoms with Crippen molar-refractivity contribution in [3.8, 4) is 29.1 Å². The van der Waals surface area contributed by atoms with E-state index < -0.39 is 12.1 Å². The molecule has 0 radical (unpaired) electrons. The number of ketones is 2. The summed E-state index contributed by atoms with van der Waals surface area (Å²) in [4.78, 5) is 29.7. The molecule has 0 amide bonds. The van der Waals surface area contributed by atoms with Crippen LogP contribution in [-0.2, 0) is 30.5 Å². The molecule has 0 saturated carbocycles. The molecule has 6 rings (SSSR count). The Morgan fingerprint density at radius 2 is 1.70 bits per heavy atom. The fraction of sp³-hybridized carbons (Fsp3) is 0.333. The minimum Gasteiger partial charge on any atom is -0.508 e. The molecule has 0 saturated heterocycles. The molecule has 0 bridgehead atoms. The Balaban J connectivity index is 1.04. The van der Waals surface area contributed by atoms with Crippen molar-refractivity contribution < 1.29 is 24.5 Å². The van der Waals surface area contributed by atoms with E-state index in [2.05, 4.69) is 52.5 Å². The van der Waals surface area contributed by atoms with Crippen LogP contribution in [0.4, 0.5) is 0 Å². The third-order valence-corrected chi connectivity index (χ3v) is 11.4. The highest BCUT2D eigenvalue weighted by atomic mass is 16.5. The summed E-state index contributed by atoms with van der Waals surface area (Å²) in [6.45, 7) is 1.26. The number of phenols is 2. The molecule has 1 aliphatic rings. The fourth-order valence-corrected chi connectivity index (χ4v) is 7.95. The average Bonchev–Trinajstić information content (AvgIpc) is 3.73. The summed E-state index contributed by atoms with van der Waals surface area (Å²) in [6.07, 6.45) is 13.1. The first-order valence-electron chi connectivity index (χ1n) is 21.2. The van der Waals surface area contributed by atoms with Gasteiger partial charge in [-0.3, -0.25) is 9.59 Å². The van der Waals surface area contributed by atoms with E-state index in [1.54, 1.807) is 36.5 Å². The molecule has 1 aliphatic carbocycles. The average molecular weight is 807 g/mol. The summed E-state index contributed by atoms with van der Waals surface area (Å²) in [7, 11) is 2.00. The van der Waals surface area contributed by atoms with Crippen LogP contribution >= 0.6 is 0 Å². The van der Waals surface area contributed by atoms with Crippen LogP contribution in [-0.4, -0.2) is 47.0 Å². The number of rotatable bonds is 20. The number of aryl methyl sites for hydroxylation is 2. The number of benzene rings is 4. The maximum absolute atomic E-state index is 13.7. The number of fused-ring (bicyclic) bond motifs is 2. The number of aromatic nitrogens is 1. The maximum atomic E-state index is 13.7. The molecule has 312 valence electrons. The quantitative estimate of drug-likeness (QED) is 0.0198. The number of phenolic OH excluding ortho intramolecular Hbond substituents is 2. The van der Waals surface area contributed by atoms with Gasteiger partial charge in [0.05, 0.1) is 19.2 Å². The van der Waals surface area contributed by atoms with E-state index in [0.29, 0.717) is 54.0 Å². The van der Waals surface area contributed by atoms with Crippen molar-refractivity contribution in [1.82, 2.24) is 10.3 Å². The Labute approximate surface area is 354 Å². The molecule has 1 aromatic heterocycles. The van der Waals surface area contributed by atoms with E-state index in [1.807, 2.05) is 49.5 Å². The van der Waals surface area contributed by atoms with Crippen LogP contribution in [0.3, 0.4) is 0 Å². The molecule has 0 fully saturated rings. The molecular weight excluding hydrogens is 749 g/mol. The monoisotopic (exact) mass is 806 g/mol. The van der Waals surface area contributed by atoms with Crippen LogP contribution in [0.2, 0.25) is 0 Å². The Hall–Kier alpha value is -5.92. The van der Waals surface area contributed by atoms with Crippen LogP contribution in [0, 0.1) is 17.8 Å². The van der Waals surface area contributed by atoms with Crippen molar-refractivity contribution in [3.63, 3.8) is 0 Å². The van der Waals surface area contributed by atoms with Gasteiger partial charge in [-0.1, -0.05) is 85.0 Å². The molecule has 8 N–H and O–H groups in total.